The molecule has 0 saturated carbocycles. The number of ether oxygens (including phenoxy) is 2. The van der Waals surface area contributed by atoms with E-state index < -0.39 is 0 Å². The number of hydrogen-bond donors (Lipinski definition) is 1. The Hall–Kier alpha value is -2.07. The van der Waals surface area contributed by atoms with Gasteiger partial charge in [-0.1, -0.05) is 6.07 Å². The molecule has 0 aromatic heterocycles. The summed E-state index contributed by atoms with van der Waals surface area (Å²) in [4.78, 5) is 0. The first kappa shape index (κ1) is 12.9. The summed E-state index contributed by atoms with van der Waals surface area (Å²) < 4.78 is 24.4. The molecule has 1 atom stereocenters. The Morgan fingerprint density at radius 1 is 1.30 bits per heavy atom. The summed E-state index contributed by atoms with van der Waals surface area (Å²) in [6.45, 7) is 2.76. The highest BCUT2D eigenvalue weighted by Gasteiger charge is 2.20. The van der Waals surface area contributed by atoms with Crippen molar-refractivity contribution in [3.63, 3.8) is 0 Å². The first-order valence-corrected chi connectivity index (χ1v) is 6.53. The molecular weight excluding hydrogens is 257 g/mol. The second kappa shape index (κ2) is 5.13. The minimum absolute atomic E-state index is 0.0653. The van der Waals surface area contributed by atoms with E-state index in [-0.39, 0.29) is 11.9 Å². The van der Waals surface area contributed by atoms with Gasteiger partial charge in [0, 0.05) is 11.6 Å². The van der Waals surface area contributed by atoms with E-state index in [4.69, 9.17) is 15.2 Å². The third kappa shape index (κ3) is 2.47. The standard InChI is InChI=1S/C16H16FNO2/c1-10-2-3-12(17)6-11(10)8-19-13-4-5-14-15(18)9-20-16(14)7-13/h2-7,15H,8-9,18H2,1H3. The number of nitrogens with two attached hydrogens (primary N) is 1. The van der Waals surface area contributed by atoms with Crippen LogP contribution in [0.25, 0.3) is 0 Å². The quantitative estimate of drug-likeness (QED) is 0.934. The summed E-state index contributed by atoms with van der Waals surface area (Å²) in [6.07, 6.45) is 0. The van der Waals surface area contributed by atoms with Gasteiger partial charge in [0.15, 0.2) is 0 Å². The van der Waals surface area contributed by atoms with Gasteiger partial charge in [-0.15, -0.1) is 0 Å². The van der Waals surface area contributed by atoms with Crippen molar-refractivity contribution in [1.82, 2.24) is 0 Å². The molecule has 104 valence electrons. The molecule has 1 heterocycles. The average Bonchev–Trinajstić information content (AvgIpc) is 2.81. The lowest BCUT2D eigenvalue weighted by Gasteiger charge is -2.10. The molecule has 2 aromatic carbocycles. The van der Waals surface area contributed by atoms with Gasteiger partial charge < -0.3 is 15.2 Å². The summed E-state index contributed by atoms with van der Waals surface area (Å²) in [5.41, 5.74) is 8.73. The second-order valence-electron chi connectivity index (χ2n) is 4.98. The molecule has 1 aliphatic heterocycles. The lowest BCUT2D eigenvalue weighted by Crippen LogP contribution is -2.10. The molecule has 2 N–H and O–H groups in total. The van der Waals surface area contributed by atoms with Crippen LogP contribution < -0.4 is 15.2 Å². The third-order valence-electron chi connectivity index (χ3n) is 3.51. The Morgan fingerprint density at radius 3 is 3.00 bits per heavy atom. The minimum atomic E-state index is -0.252. The molecular formula is C16H16FNO2. The van der Waals surface area contributed by atoms with Crippen LogP contribution in [0.3, 0.4) is 0 Å². The minimum Gasteiger partial charge on any atom is -0.491 e. The van der Waals surface area contributed by atoms with Crippen LogP contribution in [-0.4, -0.2) is 6.61 Å². The molecule has 0 saturated heterocycles. The number of aryl methyl sites for hydroxylation is 1. The fourth-order valence-electron chi connectivity index (χ4n) is 2.26. The molecule has 0 bridgehead atoms. The predicted octanol–water partition coefficient (Wildman–Crippen LogP) is 3.11. The second-order valence-corrected chi connectivity index (χ2v) is 4.98. The lowest BCUT2D eigenvalue weighted by molar-refractivity contribution is 0.299. The zero-order valence-electron chi connectivity index (χ0n) is 11.2. The molecule has 3 rings (SSSR count). The maximum atomic E-state index is 13.2. The van der Waals surface area contributed by atoms with E-state index in [0.717, 1.165) is 22.4 Å². The highest BCUT2D eigenvalue weighted by atomic mass is 19.1. The number of rotatable bonds is 3. The van der Waals surface area contributed by atoms with Crippen LogP contribution in [0.4, 0.5) is 4.39 Å². The van der Waals surface area contributed by atoms with Crippen LogP contribution in [0.5, 0.6) is 11.5 Å². The number of benzene rings is 2. The first-order valence-electron chi connectivity index (χ1n) is 6.53. The molecule has 0 spiro atoms. The van der Waals surface area contributed by atoms with Gasteiger partial charge >= 0.3 is 0 Å². The van der Waals surface area contributed by atoms with Crippen molar-refractivity contribution in [3.8, 4) is 11.5 Å². The van der Waals surface area contributed by atoms with Crippen LogP contribution in [-0.2, 0) is 6.61 Å². The highest BCUT2D eigenvalue weighted by Crippen LogP contribution is 2.34. The van der Waals surface area contributed by atoms with Crippen molar-refractivity contribution >= 4 is 0 Å². The van der Waals surface area contributed by atoms with Gasteiger partial charge in [0.2, 0.25) is 0 Å². The molecule has 0 amide bonds. The molecule has 0 aliphatic carbocycles. The van der Waals surface area contributed by atoms with Crippen LogP contribution in [0.15, 0.2) is 36.4 Å². The smallest absolute Gasteiger partial charge is 0.127 e. The van der Waals surface area contributed by atoms with Gasteiger partial charge in [0.1, 0.15) is 30.5 Å². The van der Waals surface area contributed by atoms with E-state index in [0.29, 0.717) is 19.0 Å². The first-order chi connectivity index (χ1) is 9.63. The van der Waals surface area contributed by atoms with Crippen LogP contribution in [0.1, 0.15) is 22.7 Å². The number of halogens is 1. The van der Waals surface area contributed by atoms with Crippen molar-refractivity contribution in [2.75, 3.05) is 6.61 Å². The van der Waals surface area contributed by atoms with E-state index in [1.54, 1.807) is 6.07 Å². The SMILES string of the molecule is Cc1ccc(F)cc1COc1ccc2c(c1)OCC2N. The van der Waals surface area contributed by atoms with Gasteiger partial charge in [-0.05, 0) is 42.3 Å². The molecule has 0 fully saturated rings. The topological polar surface area (TPSA) is 44.5 Å². The van der Waals surface area contributed by atoms with Gasteiger partial charge in [0.05, 0.1) is 6.04 Å². The van der Waals surface area contributed by atoms with Crippen LogP contribution >= 0.6 is 0 Å². The van der Waals surface area contributed by atoms with Crippen LogP contribution in [0.2, 0.25) is 0 Å². The van der Waals surface area contributed by atoms with Crippen molar-refractivity contribution in [2.45, 2.75) is 19.6 Å². The van der Waals surface area contributed by atoms with E-state index in [1.165, 1.54) is 12.1 Å². The monoisotopic (exact) mass is 273 g/mol. The van der Waals surface area contributed by atoms with Crippen molar-refractivity contribution in [3.05, 3.63) is 58.9 Å². The van der Waals surface area contributed by atoms with Crippen molar-refractivity contribution in [2.24, 2.45) is 5.73 Å². The highest BCUT2D eigenvalue weighted by molar-refractivity contribution is 5.44. The Labute approximate surface area is 117 Å². The lowest BCUT2D eigenvalue weighted by atomic mass is 10.1. The maximum Gasteiger partial charge on any atom is 0.127 e. The summed E-state index contributed by atoms with van der Waals surface area (Å²) >= 11 is 0. The maximum absolute atomic E-state index is 13.2. The number of fused-ring (bicyclic) bond motifs is 1. The van der Waals surface area contributed by atoms with Crippen molar-refractivity contribution < 1.29 is 13.9 Å². The summed E-state index contributed by atoms with van der Waals surface area (Å²) in [6, 6.07) is 10.2. The summed E-state index contributed by atoms with van der Waals surface area (Å²) in [7, 11) is 0. The van der Waals surface area contributed by atoms with E-state index >= 15 is 0 Å². The molecule has 20 heavy (non-hydrogen) atoms. The molecule has 1 unspecified atom stereocenters. The average molecular weight is 273 g/mol. The fourth-order valence-corrected chi connectivity index (χ4v) is 2.26. The Bertz CT molecular complexity index is 642. The number of hydrogen-bond acceptors (Lipinski definition) is 3. The van der Waals surface area contributed by atoms with Gasteiger partial charge in [0.25, 0.3) is 0 Å². The zero-order chi connectivity index (χ0) is 14.1. The third-order valence-corrected chi connectivity index (χ3v) is 3.51. The molecule has 1 aliphatic rings. The Balaban J connectivity index is 1.74. The molecule has 2 aromatic rings. The molecule has 0 radical (unpaired) electrons. The van der Waals surface area contributed by atoms with E-state index in [9.17, 15) is 4.39 Å². The van der Waals surface area contributed by atoms with Crippen LogP contribution in [0, 0.1) is 12.7 Å². The zero-order valence-corrected chi connectivity index (χ0v) is 11.2. The Morgan fingerprint density at radius 2 is 2.15 bits per heavy atom. The predicted molar refractivity (Wildman–Crippen MR) is 74.3 cm³/mol. The van der Waals surface area contributed by atoms with Gasteiger partial charge in [-0.2, -0.15) is 0 Å². The fraction of sp³-hybridized carbons (Fsp3) is 0.250. The molecule has 4 heteroatoms. The normalized spacial score (nSPS) is 16.6. The van der Waals surface area contributed by atoms with Crippen molar-refractivity contribution in [1.29, 1.82) is 0 Å². The summed E-state index contributed by atoms with van der Waals surface area (Å²) in [5, 5.41) is 0. The van der Waals surface area contributed by atoms with Gasteiger partial charge in [-0.3, -0.25) is 0 Å². The van der Waals surface area contributed by atoms with E-state index in [2.05, 4.69) is 0 Å². The largest absolute Gasteiger partial charge is 0.491 e. The van der Waals surface area contributed by atoms with E-state index in [1.807, 2.05) is 25.1 Å². The summed E-state index contributed by atoms with van der Waals surface area (Å²) in [5.74, 6) is 1.21. The molecule has 3 nitrogen and oxygen atoms in total. The van der Waals surface area contributed by atoms with Gasteiger partial charge in [-0.25, -0.2) is 4.39 Å². The Kier molecular flexibility index (Phi) is 3.32.